The Labute approximate surface area is 131 Å². The fourth-order valence-corrected chi connectivity index (χ4v) is 4.76. The van der Waals surface area contributed by atoms with Crippen molar-refractivity contribution in [2.45, 2.75) is 32.7 Å². The summed E-state index contributed by atoms with van der Waals surface area (Å²) in [6, 6.07) is -0.288. The minimum Gasteiger partial charge on any atom is -0.317 e. The van der Waals surface area contributed by atoms with Gasteiger partial charge in [-0.25, -0.2) is 4.98 Å². The van der Waals surface area contributed by atoms with Crippen molar-refractivity contribution in [1.29, 1.82) is 0 Å². The van der Waals surface area contributed by atoms with E-state index in [4.69, 9.17) is 0 Å². The first kappa shape index (κ1) is 16.8. The molecule has 0 spiro atoms. The Balaban J connectivity index is 1.95. The number of aromatic nitrogens is 1. The van der Waals surface area contributed by atoms with Gasteiger partial charge in [0.1, 0.15) is 5.01 Å². The van der Waals surface area contributed by atoms with E-state index < -0.39 is 10.2 Å². The highest BCUT2D eigenvalue weighted by Gasteiger charge is 2.30. The predicted molar refractivity (Wildman–Crippen MR) is 85.4 cm³/mol. The van der Waals surface area contributed by atoms with Gasteiger partial charge in [-0.1, -0.05) is 6.92 Å². The van der Waals surface area contributed by atoms with Crippen LogP contribution in [0, 0.1) is 5.92 Å². The molecular formula is C13H24N4O2S2. The first-order chi connectivity index (χ1) is 10.0. The van der Waals surface area contributed by atoms with Gasteiger partial charge in [0.05, 0.1) is 6.04 Å². The van der Waals surface area contributed by atoms with Gasteiger partial charge in [0.25, 0.3) is 10.2 Å². The summed E-state index contributed by atoms with van der Waals surface area (Å²) < 4.78 is 29.3. The molecule has 1 saturated heterocycles. The molecule has 1 aromatic rings. The maximum Gasteiger partial charge on any atom is 0.280 e. The molecule has 1 fully saturated rings. The SMILES string of the molecule is CCNCC1CCCN(S(=O)(=O)NC(C)c2nccs2)C1. The van der Waals surface area contributed by atoms with Crippen LogP contribution < -0.4 is 10.0 Å². The Hall–Kier alpha value is -0.540. The van der Waals surface area contributed by atoms with Gasteiger partial charge in [-0.05, 0) is 38.8 Å². The van der Waals surface area contributed by atoms with Crippen LogP contribution >= 0.6 is 11.3 Å². The van der Waals surface area contributed by atoms with Gasteiger partial charge in [-0.2, -0.15) is 17.4 Å². The van der Waals surface area contributed by atoms with E-state index in [-0.39, 0.29) is 6.04 Å². The van der Waals surface area contributed by atoms with Crippen molar-refractivity contribution in [1.82, 2.24) is 19.3 Å². The third kappa shape index (κ3) is 4.72. The van der Waals surface area contributed by atoms with E-state index >= 15 is 0 Å². The summed E-state index contributed by atoms with van der Waals surface area (Å²) in [5, 5.41) is 5.95. The summed E-state index contributed by atoms with van der Waals surface area (Å²) in [6.07, 6.45) is 3.70. The number of thiazole rings is 1. The molecule has 120 valence electrons. The first-order valence-electron chi connectivity index (χ1n) is 7.40. The molecule has 1 aromatic heterocycles. The van der Waals surface area contributed by atoms with E-state index in [1.54, 1.807) is 10.5 Å². The smallest absolute Gasteiger partial charge is 0.280 e. The number of nitrogens with zero attached hydrogens (tertiary/aromatic N) is 2. The van der Waals surface area contributed by atoms with Gasteiger partial charge in [-0.15, -0.1) is 11.3 Å². The summed E-state index contributed by atoms with van der Waals surface area (Å²) in [4.78, 5) is 4.16. The Morgan fingerprint density at radius 1 is 1.57 bits per heavy atom. The van der Waals surface area contributed by atoms with Crippen LogP contribution in [0.2, 0.25) is 0 Å². The highest BCUT2D eigenvalue weighted by molar-refractivity contribution is 7.87. The summed E-state index contributed by atoms with van der Waals surface area (Å²) in [6.45, 7) is 6.88. The molecule has 1 aliphatic rings. The average molecular weight is 332 g/mol. The predicted octanol–water partition coefficient (Wildman–Crippen LogP) is 1.36. The van der Waals surface area contributed by atoms with E-state index in [0.29, 0.717) is 19.0 Å². The Kier molecular flexibility index (Phi) is 6.12. The summed E-state index contributed by atoms with van der Waals surface area (Å²) in [5.41, 5.74) is 0. The lowest BCUT2D eigenvalue weighted by atomic mass is 10.00. The van der Waals surface area contributed by atoms with Crippen LogP contribution in [0.4, 0.5) is 0 Å². The van der Waals surface area contributed by atoms with Crippen LogP contribution in [0.1, 0.15) is 37.7 Å². The van der Waals surface area contributed by atoms with Crippen LogP contribution in [0.25, 0.3) is 0 Å². The molecule has 2 heterocycles. The summed E-state index contributed by atoms with van der Waals surface area (Å²) in [7, 11) is -3.44. The fourth-order valence-electron chi connectivity index (χ4n) is 2.56. The van der Waals surface area contributed by atoms with E-state index in [1.165, 1.54) is 11.3 Å². The van der Waals surface area contributed by atoms with Crippen LogP contribution in [0.15, 0.2) is 11.6 Å². The lowest BCUT2D eigenvalue weighted by molar-refractivity contribution is 0.257. The van der Waals surface area contributed by atoms with Gasteiger partial charge in [0, 0.05) is 24.7 Å². The zero-order valence-corrected chi connectivity index (χ0v) is 14.2. The number of hydrogen-bond acceptors (Lipinski definition) is 5. The van der Waals surface area contributed by atoms with Crippen LogP contribution in [0.3, 0.4) is 0 Å². The van der Waals surface area contributed by atoms with Crippen molar-refractivity contribution in [2.24, 2.45) is 5.92 Å². The molecule has 0 aromatic carbocycles. The molecule has 2 unspecified atom stereocenters. The van der Waals surface area contributed by atoms with Gasteiger partial charge < -0.3 is 5.32 Å². The number of nitrogens with one attached hydrogen (secondary N) is 2. The van der Waals surface area contributed by atoms with E-state index in [9.17, 15) is 8.42 Å². The first-order valence-corrected chi connectivity index (χ1v) is 9.72. The molecule has 2 N–H and O–H groups in total. The minimum absolute atomic E-state index is 0.288. The molecule has 2 atom stereocenters. The lowest BCUT2D eigenvalue weighted by Crippen LogP contribution is -2.48. The standard InChI is InChI=1S/C13H24N4O2S2/c1-3-14-9-12-5-4-7-17(10-12)21(18,19)16-11(2)13-15-6-8-20-13/h6,8,11-12,14,16H,3-5,7,9-10H2,1-2H3. The largest absolute Gasteiger partial charge is 0.317 e. The number of hydrogen-bond donors (Lipinski definition) is 2. The molecule has 8 heteroatoms. The lowest BCUT2D eigenvalue weighted by Gasteiger charge is -2.32. The second-order valence-electron chi connectivity index (χ2n) is 5.39. The summed E-state index contributed by atoms with van der Waals surface area (Å²) >= 11 is 1.46. The highest BCUT2D eigenvalue weighted by atomic mass is 32.2. The highest BCUT2D eigenvalue weighted by Crippen LogP contribution is 2.21. The molecule has 0 saturated carbocycles. The molecule has 0 amide bonds. The van der Waals surface area contributed by atoms with Crippen molar-refractivity contribution in [2.75, 3.05) is 26.2 Å². The number of rotatable bonds is 7. The van der Waals surface area contributed by atoms with Gasteiger partial charge in [0.2, 0.25) is 0 Å². The van der Waals surface area contributed by atoms with Crippen molar-refractivity contribution in [3.63, 3.8) is 0 Å². The molecule has 0 radical (unpaired) electrons. The van der Waals surface area contributed by atoms with Crippen molar-refractivity contribution >= 4 is 21.5 Å². The molecule has 2 rings (SSSR count). The zero-order chi connectivity index (χ0) is 15.3. The van der Waals surface area contributed by atoms with Gasteiger partial charge >= 0.3 is 0 Å². The second kappa shape index (κ2) is 7.64. The van der Waals surface area contributed by atoms with Crippen molar-refractivity contribution < 1.29 is 8.42 Å². The Bertz CT molecular complexity index is 518. The van der Waals surface area contributed by atoms with Crippen molar-refractivity contribution in [3.05, 3.63) is 16.6 Å². The Morgan fingerprint density at radius 2 is 2.38 bits per heavy atom. The van der Waals surface area contributed by atoms with Crippen LogP contribution in [-0.4, -0.2) is 43.9 Å². The topological polar surface area (TPSA) is 74.3 Å². The zero-order valence-electron chi connectivity index (χ0n) is 12.6. The quantitative estimate of drug-likeness (QED) is 0.791. The van der Waals surface area contributed by atoms with Gasteiger partial charge in [0.15, 0.2) is 0 Å². The normalized spacial score (nSPS) is 22.3. The molecule has 1 aliphatic heterocycles. The maximum absolute atomic E-state index is 12.5. The summed E-state index contributed by atoms with van der Waals surface area (Å²) in [5.74, 6) is 0.394. The Morgan fingerprint density at radius 3 is 3.05 bits per heavy atom. The van der Waals surface area contributed by atoms with E-state index in [1.807, 2.05) is 12.3 Å². The minimum atomic E-state index is -3.44. The molecule has 6 nitrogen and oxygen atoms in total. The number of piperidine rings is 1. The third-order valence-corrected chi connectivity index (χ3v) is 6.27. The van der Waals surface area contributed by atoms with Crippen molar-refractivity contribution in [3.8, 4) is 0 Å². The van der Waals surface area contributed by atoms with Crippen LogP contribution in [0.5, 0.6) is 0 Å². The monoisotopic (exact) mass is 332 g/mol. The van der Waals surface area contributed by atoms with Gasteiger partial charge in [-0.3, -0.25) is 0 Å². The van der Waals surface area contributed by atoms with Crippen LogP contribution in [-0.2, 0) is 10.2 Å². The third-order valence-electron chi connectivity index (χ3n) is 3.65. The molecule has 0 bridgehead atoms. The molecule has 21 heavy (non-hydrogen) atoms. The molecule has 0 aliphatic carbocycles. The van der Waals surface area contributed by atoms with E-state index in [0.717, 1.165) is 30.9 Å². The second-order valence-corrected chi connectivity index (χ2v) is 8.02. The maximum atomic E-state index is 12.5. The van der Waals surface area contributed by atoms with E-state index in [2.05, 4.69) is 21.9 Å². The fraction of sp³-hybridized carbons (Fsp3) is 0.769. The molecular weight excluding hydrogens is 308 g/mol. The average Bonchev–Trinajstić information content (AvgIpc) is 2.99.